The van der Waals surface area contributed by atoms with Crippen molar-refractivity contribution in [2.45, 2.75) is 53.6 Å². The molecule has 0 bridgehead atoms. The molecule has 0 fully saturated rings. The van der Waals surface area contributed by atoms with Crippen LogP contribution in [-0.2, 0) is 22.6 Å². The maximum absolute atomic E-state index is 13.2. The Morgan fingerprint density at radius 3 is 2.24 bits per heavy atom. The number of benzene rings is 2. The number of carbonyl (C=O) groups excluding carboxylic acids is 2. The summed E-state index contributed by atoms with van der Waals surface area (Å²) in [4.78, 5) is 27.5. The zero-order valence-corrected chi connectivity index (χ0v) is 18.7. The third kappa shape index (κ3) is 6.90. The standard InChI is InChI=1S/C24H31ClN2O2/c1-16(2)14-26-24(29)19(5)27(15-21-8-6-7-9-22(21)25)23(28)13-20-11-17(3)10-18(4)12-20/h6-12,16,19H,13-15H2,1-5H3,(H,26,29). The summed E-state index contributed by atoms with van der Waals surface area (Å²) < 4.78 is 0. The predicted octanol–water partition coefficient (Wildman–Crippen LogP) is 4.69. The summed E-state index contributed by atoms with van der Waals surface area (Å²) in [6, 6.07) is 12.9. The number of rotatable bonds is 8. The van der Waals surface area contributed by atoms with E-state index < -0.39 is 6.04 Å². The molecule has 156 valence electrons. The number of halogens is 1. The van der Waals surface area contributed by atoms with Crippen LogP contribution < -0.4 is 5.32 Å². The van der Waals surface area contributed by atoms with Gasteiger partial charge in [-0.15, -0.1) is 0 Å². The van der Waals surface area contributed by atoms with Crippen LogP contribution in [0.1, 0.15) is 43.0 Å². The van der Waals surface area contributed by atoms with E-state index in [-0.39, 0.29) is 18.2 Å². The molecular formula is C24H31ClN2O2. The zero-order valence-electron chi connectivity index (χ0n) is 18.0. The fourth-order valence-electron chi connectivity index (χ4n) is 3.29. The highest BCUT2D eigenvalue weighted by atomic mass is 35.5. The van der Waals surface area contributed by atoms with E-state index in [0.29, 0.717) is 24.0 Å². The van der Waals surface area contributed by atoms with Gasteiger partial charge in [-0.25, -0.2) is 0 Å². The molecule has 0 radical (unpaired) electrons. The summed E-state index contributed by atoms with van der Waals surface area (Å²) in [7, 11) is 0. The lowest BCUT2D eigenvalue weighted by Crippen LogP contribution is -2.48. The SMILES string of the molecule is Cc1cc(C)cc(CC(=O)N(Cc2ccccc2Cl)C(C)C(=O)NCC(C)C)c1. The van der Waals surface area contributed by atoms with E-state index in [2.05, 4.69) is 11.4 Å². The van der Waals surface area contributed by atoms with Gasteiger partial charge in [-0.3, -0.25) is 9.59 Å². The van der Waals surface area contributed by atoms with Crippen LogP contribution >= 0.6 is 11.6 Å². The van der Waals surface area contributed by atoms with Crippen LogP contribution in [-0.4, -0.2) is 29.3 Å². The van der Waals surface area contributed by atoms with Crippen LogP contribution in [0.5, 0.6) is 0 Å². The van der Waals surface area contributed by atoms with E-state index in [1.807, 2.05) is 58.0 Å². The van der Waals surface area contributed by atoms with Crippen molar-refractivity contribution in [3.63, 3.8) is 0 Å². The molecule has 1 unspecified atom stereocenters. The molecule has 1 atom stereocenters. The third-order valence-corrected chi connectivity index (χ3v) is 5.16. The minimum absolute atomic E-state index is 0.0953. The Hall–Kier alpha value is -2.33. The molecule has 2 amide bonds. The quantitative estimate of drug-likeness (QED) is 0.681. The summed E-state index contributed by atoms with van der Waals surface area (Å²) in [5.74, 6) is 0.0933. The smallest absolute Gasteiger partial charge is 0.242 e. The molecule has 1 N–H and O–H groups in total. The van der Waals surface area contributed by atoms with Crippen molar-refractivity contribution in [3.05, 3.63) is 69.7 Å². The maximum atomic E-state index is 13.2. The highest BCUT2D eigenvalue weighted by Crippen LogP contribution is 2.20. The fraction of sp³-hybridized carbons (Fsp3) is 0.417. The van der Waals surface area contributed by atoms with E-state index in [9.17, 15) is 9.59 Å². The first-order valence-corrected chi connectivity index (χ1v) is 10.4. The van der Waals surface area contributed by atoms with Gasteiger partial charge in [-0.05, 0) is 43.9 Å². The van der Waals surface area contributed by atoms with Crippen LogP contribution in [0.25, 0.3) is 0 Å². The second-order valence-electron chi connectivity index (χ2n) is 8.10. The number of hydrogen-bond donors (Lipinski definition) is 1. The average Bonchev–Trinajstić information content (AvgIpc) is 2.63. The first kappa shape index (κ1) is 23.0. The second kappa shape index (κ2) is 10.4. The molecule has 2 aromatic carbocycles. The van der Waals surface area contributed by atoms with Crippen LogP contribution in [0.2, 0.25) is 5.02 Å². The lowest BCUT2D eigenvalue weighted by Gasteiger charge is -2.29. The molecule has 0 aliphatic carbocycles. The number of nitrogens with one attached hydrogen (secondary N) is 1. The molecule has 5 heteroatoms. The first-order chi connectivity index (χ1) is 13.7. The first-order valence-electron chi connectivity index (χ1n) is 10.0. The molecule has 0 heterocycles. The van der Waals surface area contributed by atoms with Gasteiger partial charge in [0.25, 0.3) is 0 Å². The molecule has 2 rings (SSSR count). The van der Waals surface area contributed by atoms with Crippen molar-refractivity contribution in [1.29, 1.82) is 0 Å². The highest BCUT2D eigenvalue weighted by Gasteiger charge is 2.26. The molecule has 0 aliphatic heterocycles. The Balaban J connectivity index is 2.26. The summed E-state index contributed by atoms with van der Waals surface area (Å²) in [6.07, 6.45) is 0.245. The third-order valence-electron chi connectivity index (χ3n) is 4.79. The molecule has 0 aliphatic rings. The molecule has 4 nitrogen and oxygen atoms in total. The van der Waals surface area contributed by atoms with E-state index in [1.54, 1.807) is 17.9 Å². The van der Waals surface area contributed by atoms with Crippen molar-refractivity contribution in [2.24, 2.45) is 5.92 Å². The molecule has 29 heavy (non-hydrogen) atoms. The molecule has 0 saturated carbocycles. The highest BCUT2D eigenvalue weighted by molar-refractivity contribution is 6.31. The molecule has 0 saturated heterocycles. The van der Waals surface area contributed by atoms with Gasteiger partial charge >= 0.3 is 0 Å². The maximum Gasteiger partial charge on any atom is 0.242 e. The fourth-order valence-corrected chi connectivity index (χ4v) is 3.49. The lowest BCUT2D eigenvalue weighted by molar-refractivity contribution is -0.140. The number of nitrogens with zero attached hydrogens (tertiary/aromatic N) is 1. The minimum atomic E-state index is -0.594. The second-order valence-corrected chi connectivity index (χ2v) is 8.51. The predicted molar refractivity (Wildman–Crippen MR) is 119 cm³/mol. The molecular weight excluding hydrogens is 384 g/mol. The van der Waals surface area contributed by atoms with Crippen molar-refractivity contribution in [2.75, 3.05) is 6.54 Å². The van der Waals surface area contributed by atoms with E-state index >= 15 is 0 Å². The number of aryl methyl sites for hydroxylation is 2. The Kier molecular flexibility index (Phi) is 8.27. The summed E-state index contributed by atoms with van der Waals surface area (Å²) in [5, 5.41) is 3.52. The number of hydrogen-bond acceptors (Lipinski definition) is 2. The van der Waals surface area contributed by atoms with E-state index in [4.69, 9.17) is 11.6 Å². The largest absolute Gasteiger partial charge is 0.354 e. The molecule has 0 spiro atoms. The van der Waals surface area contributed by atoms with Crippen molar-refractivity contribution in [1.82, 2.24) is 10.2 Å². The van der Waals surface area contributed by atoms with Crippen LogP contribution in [0.3, 0.4) is 0 Å². The van der Waals surface area contributed by atoms with E-state index in [1.165, 1.54) is 0 Å². The van der Waals surface area contributed by atoms with Gasteiger partial charge in [0, 0.05) is 18.1 Å². The van der Waals surface area contributed by atoms with Crippen LogP contribution in [0, 0.1) is 19.8 Å². The minimum Gasteiger partial charge on any atom is -0.354 e. The number of amides is 2. The van der Waals surface area contributed by atoms with Gasteiger partial charge in [0.15, 0.2) is 0 Å². The Labute approximate surface area is 179 Å². The van der Waals surface area contributed by atoms with Crippen molar-refractivity contribution < 1.29 is 9.59 Å². The Bertz CT molecular complexity index is 843. The van der Waals surface area contributed by atoms with Gasteiger partial charge in [-0.1, -0.05) is 73.0 Å². The molecule has 0 aromatic heterocycles. The topological polar surface area (TPSA) is 49.4 Å². The van der Waals surface area contributed by atoms with Gasteiger partial charge < -0.3 is 10.2 Å². The Morgan fingerprint density at radius 2 is 1.66 bits per heavy atom. The zero-order chi connectivity index (χ0) is 21.6. The van der Waals surface area contributed by atoms with E-state index in [0.717, 1.165) is 22.3 Å². The van der Waals surface area contributed by atoms with Gasteiger partial charge in [-0.2, -0.15) is 0 Å². The van der Waals surface area contributed by atoms with Gasteiger partial charge in [0.1, 0.15) is 6.04 Å². The van der Waals surface area contributed by atoms with Gasteiger partial charge in [0.05, 0.1) is 6.42 Å². The van der Waals surface area contributed by atoms with Crippen LogP contribution in [0.15, 0.2) is 42.5 Å². The summed E-state index contributed by atoms with van der Waals surface area (Å²) in [6.45, 7) is 10.8. The summed E-state index contributed by atoms with van der Waals surface area (Å²) >= 11 is 6.32. The van der Waals surface area contributed by atoms with Crippen molar-refractivity contribution in [3.8, 4) is 0 Å². The monoisotopic (exact) mass is 414 g/mol. The normalized spacial score (nSPS) is 12.0. The van der Waals surface area contributed by atoms with Gasteiger partial charge in [0.2, 0.25) is 11.8 Å². The average molecular weight is 415 g/mol. The number of carbonyl (C=O) groups is 2. The lowest BCUT2D eigenvalue weighted by atomic mass is 10.0. The Morgan fingerprint density at radius 1 is 1.03 bits per heavy atom. The van der Waals surface area contributed by atoms with Crippen molar-refractivity contribution >= 4 is 23.4 Å². The van der Waals surface area contributed by atoms with Crippen LogP contribution in [0.4, 0.5) is 0 Å². The molecule has 2 aromatic rings. The summed E-state index contributed by atoms with van der Waals surface area (Å²) in [5.41, 5.74) is 4.01.